The van der Waals surface area contributed by atoms with Crippen molar-refractivity contribution in [2.75, 3.05) is 14.2 Å². The molecule has 0 aromatic heterocycles. The van der Waals surface area contributed by atoms with Crippen LogP contribution in [0.4, 0.5) is 5.69 Å². The Labute approximate surface area is 247 Å². The van der Waals surface area contributed by atoms with Gasteiger partial charge in [0, 0.05) is 30.2 Å². The van der Waals surface area contributed by atoms with E-state index in [1.807, 2.05) is 0 Å². The van der Waals surface area contributed by atoms with Crippen LogP contribution in [-0.4, -0.2) is 48.4 Å². The lowest BCUT2D eigenvalue weighted by Crippen LogP contribution is -2.50. The highest BCUT2D eigenvalue weighted by atomic mass is 35.5. The molecule has 0 aliphatic heterocycles. The number of hydrogen-bond donors (Lipinski definition) is 1. The number of Topliss-reactive ketones (excluding diaryl/α,β-unsaturated/α-hetero) is 1. The van der Waals surface area contributed by atoms with Crippen molar-refractivity contribution in [3.8, 4) is 0 Å². The van der Waals surface area contributed by atoms with Gasteiger partial charge in [-0.1, -0.05) is 31.5 Å². The Morgan fingerprint density at radius 3 is 2.24 bits per heavy atom. The third-order valence-corrected chi connectivity index (χ3v) is 10.2. The lowest BCUT2D eigenvalue weighted by atomic mass is 9.48. The van der Waals surface area contributed by atoms with Crippen LogP contribution in [0.5, 0.6) is 0 Å². The number of benzene rings is 1. The maximum atomic E-state index is 12.8. The summed E-state index contributed by atoms with van der Waals surface area (Å²) >= 11 is 6.95. The van der Waals surface area contributed by atoms with Gasteiger partial charge in [0.1, 0.15) is 18.2 Å². The van der Waals surface area contributed by atoms with Crippen LogP contribution >= 0.6 is 11.6 Å². The first-order chi connectivity index (χ1) is 19.5. The summed E-state index contributed by atoms with van der Waals surface area (Å²) < 4.78 is 5.85. The van der Waals surface area contributed by atoms with Crippen LogP contribution in [0.15, 0.2) is 47.0 Å². The minimum Gasteiger partial charge on any atom is -0.455 e. The molecule has 41 heavy (non-hydrogen) atoms. The highest BCUT2D eigenvalue weighted by Gasteiger charge is 2.59. The Morgan fingerprint density at radius 1 is 1.02 bits per heavy atom. The zero-order valence-corrected chi connectivity index (χ0v) is 25.6. The largest absolute Gasteiger partial charge is 0.455 e. The Morgan fingerprint density at radius 2 is 1.66 bits per heavy atom. The minimum atomic E-state index is -0.426. The fraction of sp³-hybridized carbons (Fsp3) is 0.594. The molecule has 5 rings (SSSR count). The number of halogens is 1. The normalized spacial score (nSPS) is 32.9. The second-order valence-corrected chi connectivity index (χ2v) is 12.2. The zero-order chi connectivity index (χ0) is 30.5. The smallest absolute Gasteiger partial charge is 0.338 e. The fourth-order valence-corrected chi connectivity index (χ4v) is 8.42. The third kappa shape index (κ3) is 6.19. The number of rotatable bonds is 5. The summed E-state index contributed by atoms with van der Waals surface area (Å²) in [6, 6.07) is 6.19. The lowest BCUT2D eigenvalue weighted by Gasteiger charge is -2.56. The average molecular weight is 589 g/mol. The van der Waals surface area contributed by atoms with E-state index < -0.39 is 5.97 Å². The molecule has 0 radical (unpaired) electrons. The van der Waals surface area contributed by atoms with E-state index in [1.165, 1.54) is 26.2 Å². The Balaban J connectivity index is 0.000000868. The van der Waals surface area contributed by atoms with Gasteiger partial charge in [-0.05, 0) is 105 Å². The van der Waals surface area contributed by atoms with Gasteiger partial charge in [-0.15, -0.1) is 0 Å². The summed E-state index contributed by atoms with van der Waals surface area (Å²) in [6.07, 6.45) is 10.6. The van der Waals surface area contributed by atoms with Gasteiger partial charge in [0.05, 0.1) is 10.5 Å². The molecule has 8 nitrogen and oxygen atoms in total. The second kappa shape index (κ2) is 13.4. The Hall–Kier alpha value is -2.84. The number of nitrogens with zero attached hydrogens (tertiary/aromatic N) is 1. The third-order valence-electron chi connectivity index (χ3n) is 9.89. The number of aliphatic hydroxyl groups is 1. The van der Waals surface area contributed by atoms with Crippen LogP contribution < -0.4 is 0 Å². The molecule has 0 spiro atoms. The van der Waals surface area contributed by atoms with Crippen LogP contribution in [0.2, 0.25) is 0 Å². The second-order valence-electron chi connectivity index (χ2n) is 11.8. The number of carbonyl (C=O) groups is 3. The molecule has 4 aliphatic carbocycles. The van der Waals surface area contributed by atoms with Crippen LogP contribution in [0, 0.1) is 39.4 Å². The molecule has 2 saturated carbocycles. The Kier molecular flexibility index (Phi) is 10.7. The van der Waals surface area contributed by atoms with Gasteiger partial charge >= 0.3 is 11.7 Å². The molecule has 0 amide bonds. The lowest BCUT2D eigenvalue weighted by molar-refractivity contribution is -0.736. The topological polar surface area (TPSA) is 110 Å². The molecule has 0 heterocycles. The monoisotopic (exact) mass is 588 g/mol. The van der Waals surface area contributed by atoms with E-state index in [4.69, 9.17) is 26.2 Å². The van der Waals surface area contributed by atoms with Gasteiger partial charge in [-0.2, -0.15) is 0 Å². The first kappa shape index (κ1) is 32.7. The number of aldehydes is 1. The molecule has 1 N–H and O–H groups in total. The number of aliphatic hydroxyl groups excluding tert-OH is 1. The highest BCUT2D eigenvalue weighted by molar-refractivity contribution is 6.32. The number of hydrogen-bond acceptors (Lipinski definition) is 7. The van der Waals surface area contributed by atoms with Gasteiger partial charge in [0.2, 0.25) is 0 Å². The van der Waals surface area contributed by atoms with Crippen LogP contribution in [0.25, 0.3) is 0 Å². The van der Waals surface area contributed by atoms with Gasteiger partial charge in [-0.3, -0.25) is 4.79 Å². The molecule has 2 fully saturated rings. The van der Waals surface area contributed by atoms with E-state index in [-0.39, 0.29) is 22.9 Å². The fourth-order valence-electron chi connectivity index (χ4n) is 7.99. The van der Waals surface area contributed by atoms with E-state index in [0.717, 1.165) is 62.5 Å². The number of ether oxygens (including phenoxy) is 1. The molecule has 224 valence electrons. The molecule has 1 aromatic carbocycles. The van der Waals surface area contributed by atoms with Crippen molar-refractivity contribution in [1.29, 1.82) is 0 Å². The van der Waals surface area contributed by atoms with E-state index >= 15 is 0 Å². The van der Waals surface area contributed by atoms with E-state index in [9.17, 15) is 14.5 Å². The maximum Gasteiger partial charge on any atom is 0.338 e. The predicted octanol–water partition coefficient (Wildman–Crippen LogP) is 6.51. The average Bonchev–Trinajstić information content (AvgIpc) is 3.33. The van der Waals surface area contributed by atoms with E-state index in [2.05, 4.69) is 30.8 Å². The number of ketones is 1. The summed E-state index contributed by atoms with van der Waals surface area (Å²) in [4.78, 5) is 50.6. The molecule has 0 bridgehead atoms. The van der Waals surface area contributed by atoms with Crippen molar-refractivity contribution < 1.29 is 34.0 Å². The molecule has 9 heteroatoms. The predicted molar refractivity (Wildman–Crippen MR) is 156 cm³/mol. The molecule has 1 aromatic rings. The van der Waals surface area contributed by atoms with Crippen LogP contribution in [0.1, 0.15) is 76.6 Å². The van der Waals surface area contributed by atoms with Gasteiger partial charge in [0.25, 0.3) is 4.92 Å². The van der Waals surface area contributed by atoms with E-state index in [1.54, 1.807) is 19.1 Å². The van der Waals surface area contributed by atoms with Gasteiger partial charge in [-0.25, -0.2) is 9.63 Å². The summed E-state index contributed by atoms with van der Waals surface area (Å²) in [5.41, 5.74) is 1.78. The Bertz CT molecular complexity index is 1210. The number of carbonyl (C=O) groups excluding carboxylic acids is 3. The summed E-state index contributed by atoms with van der Waals surface area (Å²) in [5, 5.41) is 7.77. The van der Waals surface area contributed by atoms with Crippen molar-refractivity contribution in [2.24, 2.45) is 34.5 Å². The number of allylic oxidation sites excluding steroid dienone is 3. The first-order valence-corrected chi connectivity index (χ1v) is 14.6. The van der Waals surface area contributed by atoms with Crippen molar-refractivity contribution in [1.82, 2.24) is 0 Å². The maximum absolute atomic E-state index is 12.8. The summed E-state index contributed by atoms with van der Waals surface area (Å²) in [6.45, 7) is 7.85. The highest BCUT2D eigenvalue weighted by Crippen LogP contribution is 2.66. The zero-order valence-electron chi connectivity index (χ0n) is 24.9. The van der Waals surface area contributed by atoms with Crippen molar-refractivity contribution in [2.45, 2.75) is 72.3 Å². The molecule has 6 unspecified atom stereocenters. The quantitative estimate of drug-likeness (QED) is 0.237. The molecule has 0 saturated heterocycles. The molecular formula is C32H43ClNO7+. The van der Waals surface area contributed by atoms with Gasteiger partial charge < -0.3 is 14.6 Å². The SMILES string of the molecule is CC=O.CO.CO[N+](=O)c1ccc(C(=O)O[C@H]2C=C3C(Cl)=CC4C(CCC5(C)C(C(C)=O)CCC45)C3(C)CC2)cc1. The van der Waals surface area contributed by atoms with Crippen molar-refractivity contribution in [3.63, 3.8) is 0 Å². The summed E-state index contributed by atoms with van der Waals surface area (Å²) in [5.74, 6) is 1.42. The van der Waals surface area contributed by atoms with Crippen molar-refractivity contribution in [3.05, 3.63) is 57.5 Å². The molecule has 7 atom stereocenters. The number of fused-ring (bicyclic) bond motifs is 5. The van der Waals surface area contributed by atoms with Crippen molar-refractivity contribution >= 4 is 35.3 Å². The minimum absolute atomic E-state index is 0.0611. The van der Waals surface area contributed by atoms with E-state index in [0.29, 0.717) is 39.7 Å². The number of esters is 1. The standard InChI is InChI=1S/C29H35ClNO5.C2H4O.CH4O/c1-17(32)22-9-10-23-21-16-26(30)25-15-20(11-13-29(25,3)24(21)12-14-28(22,23)2)36-27(33)18-5-7-19(8-6-18)31(34)35-4;1-2-3;1-2/h5-8,15-16,20-24H,9-14H2,1-4H3;2H,1H3;2H,1H3/q+1;;/t20-,21?,22?,23?,24?,28?,29?;;/m1../s1. The molecule has 4 aliphatic rings. The van der Waals surface area contributed by atoms with Gasteiger partial charge in [0.15, 0.2) is 7.11 Å². The summed E-state index contributed by atoms with van der Waals surface area (Å²) in [7, 11) is 2.29. The van der Waals surface area contributed by atoms with Crippen LogP contribution in [0.3, 0.4) is 0 Å². The first-order valence-electron chi connectivity index (χ1n) is 14.3. The molecular weight excluding hydrogens is 546 g/mol. The van der Waals surface area contributed by atoms with Crippen LogP contribution in [-0.2, 0) is 19.2 Å².